The largest absolute Gasteiger partial charge is 0.458 e. The van der Waals surface area contributed by atoms with E-state index in [-0.39, 0.29) is 17.9 Å². The average molecular weight is 576 g/mol. The predicted octanol–water partition coefficient (Wildman–Crippen LogP) is 1.05. The van der Waals surface area contributed by atoms with Crippen LogP contribution >= 0.6 is 0 Å². The van der Waals surface area contributed by atoms with Crippen LogP contribution in [0.1, 0.15) is 20.3 Å². The van der Waals surface area contributed by atoms with Gasteiger partial charge < -0.3 is 23.8 Å². The molecule has 3 aliphatic rings. The smallest absolute Gasteiger partial charge is 0.402 e. The molecule has 1 heterocycles. The molecule has 39 heavy (non-hydrogen) atoms. The van der Waals surface area contributed by atoms with Gasteiger partial charge in [0, 0.05) is 12.0 Å². The van der Waals surface area contributed by atoms with Crippen LogP contribution in [0.5, 0.6) is 5.75 Å². The lowest BCUT2D eigenvalue weighted by Gasteiger charge is -2.35. The van der Waals surface area contributed by atoms with Crippen LogP contribution in [0.25, 0.3) is 0 Å². The van der Waals surface area contributed by atoms with Crippen molar-refractivity contribution in [1.29, 1.82) is 0 Å². The van der Waals surface area contributed by atoms with Crippen molar-refractivity contribution in [3.8, 4) is 5.75 Å². The van der Waals surface area contributed by atoms with Gasteiger partial charge in [-0.25, -0.2) is 9.59 Å². The topological polar surface area (TPSA) is 163 Å². The van der Waals surface area contributed by atoms with Gasteiger partial charge in [-0.15, -0.1) is 0 Å². The molecule has 1 N–H and O–H groups in total. The van der Waals surface area contributed by atoms with E-state index in [1.165, 1.54) is 0 Å². The summed E-state index contributed by atoms with van der Waals surface area (Å²) in [6.07, 6.45) is -0.378. The summed E-state index contributed by atoms with van der Waals surface area (Å²) in [5.74, 6) is -4.99. The number of rotatable bonds is 11. The van der Waals surface area contributed by atoms with Crippen LogP contribution in [0, 0.1) is 23.7 Å². The van der Waals surface area contributed by atoms with Gasteiger partial charge in [0.15, 0.2) is 6.61 Å². The normalized spacial score (nSPS) is 27.6. The fourth-order valence-corrected chi connectivity index (χ4v) is 5.99. The summed E-state index contributed by atoms with van der Waals surface area (Å²) >= 11 is 0. The summed E-state index contributed by atoms with van der Waals surface area (Å²) in [4.78, 5) is 52.2. The molecule has 2 bridgehead atoms. The second-order valence-corrected chi connectivity index (χ2v) is 11.4. The van der Waals surface area contributed by atoms with Crippen molar-refractivity contribution >= 4 is 33.9 Å². The van der Waals surface area contributed by atoms with E-state index in [0.29, 0.717) is 12.2 Å². The highest BCUT2D eigenvalue weighted by Gasteiger charge is 2.71. The first-order chi connectivity index (χ1) is 18.2. The number of hydrogen-bond donors (Lipinski definition) is 1. The summed E-state index contributed by atoms with van der Waals surface area (Å²) in [5.41, 5.74) is 0. The van der Waals surface area contributed by atoms with Crippen LogP contribution in [-0.4, -0.2) is 84.9 Å². The Morgan fingerprint density at radius 2 is 1.74 bits per heavy atom. The van der Waals surface area contributed by atoms with E-state index < -0.39 is 83.0 Å². The zero-order chi connectivity index (χ0) is 28.7. The summed E-state index contributed by atoms with van der Waals surface area (Å²) in [6, 6.07) is 7.67. The Hall–Kier alpha value is -3.17. The number of amides is 1. The molecule has 2 aliphatic carbocycles. The van der Waals surface area contributed by atoms with Crippen LogP contribution < -0.4 is 4.74 Å². The number of alkyl halides is 2. The van der Waals surface area contributed by atoms with Gasteiger partial charge in [0.25, 0.3) is 0 Å². The average Bonchev–Trinajstić information content (AvgIpc) is 3.45. The summed E-state index contributed by atoms with van der Waals surface area (Å²) < 4.78 is 75.9. The highest BCUT2D eigenvalue weighted by Crippen LogP contribution is 2.60. The first-order valence-corrected chi connectivity index (χ1v) is 13.5. The third kappa shape index (κ3) is 5.61. The first-order valence-electron chi connectivity index (χ1n) is 12.1. The van der Waals surface area contributed by atoms with E-state index in [4.69, 9.17) is 18.8 Å². The monoisotopic (exact) mass is 575 g/mol. The van der Waals surface area contributed by atoms with Crippen molar-refractivity contribution in [3.63, 3.8) is 0 Å². The van der Waals surface area contributed by atoms with E-state index >= 15 is 0 Å². The number of carbonyl (C=O) groups excluding carboxylic acids is 4. The minimum absolute atomic E-state index is 0.211. The highest BCUT2D eigenvalue weighted by molar-refractivity contribution is 7.86. The minimum Gasteiger partial charge on any atom is -0.458 e. The standard InChI is InChI=1S/C24H27F2NO11S/c1-12(2)27-20-14-8-15(19(18(14)22(27)30)23(31)37-13-6-4-3-5-7-13)21(20)38-17(29)10-35-9-16(28)36-11-24(25,26)39(32,33)34/h3-7,12,14-15,18-21H,8-11H2,1-2H3,(H,32,33,34). The first kappa shape index (κ1) is 28.8. The van der Waals surface area contributed by atoms with E-state index in [1.54, 1.807) is 35.2 Å². The van der Waals surface area contributed by atoms with E-state index in [0.717, 1.165) is 0 Å². The second kappa shape index (κ2) is 10.8. The number of likely N-dealkylation sites (tertiary alicyclic amines) is 1. The van der Waals surface area contributed by atoms with Crippen molar-refractivity contribution in [2.24, 2.45) is 23.7 Å². The molecule has 3 fully saturated rings. The molecule has 0 aromatic heterocycles. The molecular weight excluding hydrogens is 548 g/mol. The zero-order valence-corrected chi connectivity index (χ0v) is 21.7. The molecular formula is C24H27F2NO11S. The van der Waals surface area contributed by atoms with Gasteiger partial charge in [0.2, 0.25) is 5.91 Å². The molecule has 0 spiro atoms. The predicted molar refractivity (Wildman–Crippen MR) is 125 cm³/mol. The molecule has 1 aliphatic heterocycles. The molecule has 2 saturated carbocycles. The Balaban J connectivity index is 1.38. The Labute approximate surface area is 222 Å². The minimum atomic E-state index is -5.78. The Kier molecular flexibility index (Phi) is 7.96. The maximum atomic E-state index is 13.3. The summed E-state index contributed by atoms with van der Waals surface area (Å²) in [6.45, 7) is -0.0883. The molecule has 12 nitrogen and oxygen atoms in total. The fourth-order valence-electron chi connectivity index (χ4n) is 5.78. The fraction of sp³-hybridized carbons (Fsp3) is 0.583. The van der Waals surface area contributed by atoms with Crippen molar-refractivity contribution in [2.45, 2.75) is 43.7 Å². The third-order valence-electron chi connectivity index (χ3n) is 7.19. The van der Waals surface area contributed by atoms with Crippen molar-refractivity contribution in [1.82, 2.24) is 4.90 Å². The molecule has 6 atom stereocenters. The van der Waals surface area contributed by atoms with Crippen LogP contribution in [0.4, 0.5) is 8.78 Å². The van der Waals surface area contributed by atoms with Gasteiger partial charge in [-0.1, -0.05) is 18.2 Å². The van der Waals surface area contributed by atoms with Gasteiger partial charge in [0.05, 0.1) is 17.9 Å². The second-order valence-electron chi connectivity index (χ2n) is 9.90. The van der Waals surface area contributed by atoms with Crippen LogP contribution in [0.3, 0.4) is 0 Å². The number of ether oxygens (including phenoxy) is 4. The van der Waals surface area contributed by atoms with Gasteiger partial charge in [0.1, 0.15) is 25.1 Å². The van der Waals surface area contributed by atoms with E-state index in [9.17, 15) is 36.4 Å². The van der Waals surface area contributed by atoms with Crippen LogP contribution in [0.2, 0.25) is 0 Å². The molecule has 1 aromatic rings. The van der Waals surface area contributed by atoms with Gasteiger partial charge in [-0.05, 0) is 38.3 Å². The zero-order valence-electron chi connectivity index (χ0n) is 20.9. The Morgan fingerprint density at radius 1 is 1.10 bits per heavy atom. The lowest BCUT2D eigenvalue weighted by Crippen LogP contribution is -2.49. The van der Waals surface area contributed by atoms with Crippen LogP contribution in [0.15, 0.2) is 30.3 Å². The quantitative estimate of drug-likeness (QED) is 0.228. The highest BCUT2D eigenvalue weighted by atomic mass is 32.2. The molecule has 6 unspecified atom stereocenters. The van der Waals surface area contributed by atoms with Crippen LogP contribution in [-0.2, 0) is 43.5 Å². The number of hydrogen-bond acceptors (Lipinski definition) is 10. The number of carbonyl (C=O) groups is 4. The van der Waals surface area contributed by atoms with Gasteiger partial charge in [-0.2, -0.15) is 17.2 Å². The van der Waals surface area contributed by atoms with Gasteiger partial charge in [-0.3, -0.25) is 14.1 Å². The van der Waals surface area contributed by atoms with Gasteiger partial charge >= 0.3 is 33.3 Å². The van der Waals surface area contributed by atoms with E-state index in [1.807, 2.05) is 13.8 Å². The Bertz CT molecular complexity index is 1240. The SMILES string of the molecule is CC(C)N1C(=O)C2C3CC(C(OC(=O)COCC(=O)OCC(F)(F)S(=O)(=O)O)C31)C2C(=O)Oc1ccccc1. The van der Waals surface area contributed by atoms with Crippen molar-refractivity contribution < 1.29 is 59.9 Å². The molecule has 1 amide bonds. The maximum Gasteiger partial charge on any atom is 0.402 e. The van der Waals surface area contributed by atoms with Crippen molar-refractivity contribution in [3.05, 3.63) is 30.3 Å². The number of para-hydroxylation sites is 1. The summed E-state index contributed by atoms with van der Waals surface area (Å²) in [5, 5.41) is -4.71. The lowest BCUT2D eigenvalue weighted by molar-refractivity contribution is -0.167. The number of fused-ring (bicyclic) bond motifs is 1. The molecule has 1 aromatic carbocycles. The maximum absolute atomic E-state index is 13.3. The lowest BCUT2D eigenvalue weighted by atomic mass is 9.78. The number of halogens is 2. The molecule has 0 radical (unpaired) electrons. The third-order valence-corrected chi connectivity index (χ3v) is 8.06. The molecule has 4 rings (SSSR count). The number of benzene rings is 1. The number of nitrogens with zero attached hydrogens (tertiary/aromatic N) is 1. The molecule has 15 heteroatoms. The Morgan fingerprint density at radius 3 is 2.36 bits per heavy atom. The molecule has 214 valence electrons. The molecule has 1 saturated heterocycles. The number of esters is 3. The van der Waals surface area contributed by atoms with Crippen molar-refractivity contribution in [2.75, 3.05) is 19.8 Å². The van der Waals surface area contributed by atoms with E-state index in [2.05, 4.69) is 4.74 Å². The summed E-state index contributed by atoms with van der Waals surface area (Å²) in [7, 11) is -5.78.